The van der Waals surface area contributed by atoms with E-state index in [9.17, 15) is 0 Å². The van der Waals surface area contributed by atoms with Crippen molar-refractivity contribution in [1.82, 2.24) is 4.98 Å². The van der Waals surface area contributed by atoms with Gasteiger partial charge in [0.25, 0.3) is 0 Å². The smallest absolute Gasteiger partial charge is 0.0455 e. The average molecular weight is 188 g/mol. The number of H-pyrrole nitrogens is 1. The van der Waals surface area contributed by atoms with Crippen molar-refractivity contribution in [2.24, 2.45) is 0 Å². The van der Waals surface area contributed by atoms with E-state index in [1.54, 1.807) is 0 Å². The van der Waals surface area contributed by atoms with Crippen LogP contribution in [-0.4, -0.2) is 11.0 Å². The second kappa shape index (κ2) is 3.74. The van der Waals surface area contributed by atoms with Crippen molar-refractivity contribution in [3.05, 3.63) is 30.5 Å². The van der Waals surface area contributed by atoms with Crippen LogP contribution in [-0.2, 0) is 0 Å². The van der Waals surface area contributed by atoms with E-state index in [1.165, 1.54) is 16.6 Å². The first-order valence-corrected chi connectivity index (χ1v) is 5.13. The number of aromatic nitrogens is 1. The topological polar surface area (TPSA) is 27.8 Å². The minimum absolute atomic E-state index is 0.534. The second-order valence-electron chi connectivity index (χ2n) is 3.73. The molecule has 0 aliphatic carbocycles. The molecule has 0 amide bonds. The van der Waals surface area contributed by atoms with Gasteiger partial charge in [0.2, 0.25) is 0 Å². The van der Waals surface area contributed by atoms with Crippen molar-refractivity contribution in [3.8, 4) is 0 Å². The predicted octanol–water partition coefficient (Wildman–Crippen LogP) is 3.38. The summed E-state index contributed by atoms with van der Waals surface area (Å²) in [6.45, 7) is 4.38. The SMILES string of the molecule is CCC(C)Nc1ccc2[nH]ccc2c1. The van der Waals surface area contributed by atoms with Gasteiger partial charge in [0.1, 0.15) is 0 Å². The van der Waals surface area contributed by atoms with Crippen molar-refractivity contribution in [2.75, 3.05) is 5.32 Å². The fourth-order valence-corrected chi connectivity index (χ4v) is 1.53. The maximum atomic E-state index is 3.46. The number of anilines is 1. The van der Waals surface area contributed by atoms with Crippen LogP contribution in [0.2, 0.25) is 0 Å². The summed E-state index contributed by atoms with van der Waals surface area (Å²) in [6.07, 6.45) is 3.11. The largest absolute Gasteiger partial charge is 0.383 e. The molecule has 0 aliphatic heterocycles. The summed E-state index contributed by atoms with van der Waals surface area (Å²) in [5, 5.41) is 4.72. The Hall–Kier alpha value is -1.44. The maximum Gasteiger partial charge on any atom is 0.0455 e. The summed E-state index contributed by atoms with van der Waals surface area (Å²) in [7, 11) is 0. The van der Waals surface area contributed by atoms with Crippen LogP contribution < -0.4 is 5.32 Å². The number of aromatic amines is 1. The summed E-state index contributed by atoms with van der Waals surface area (Å²) in [5.74, 6) is 0. The molecule has 2 nitrogen and oxygen atoms in total. The number of hydrogen-bond donors (Lipinski definition) is 2. The van der Waals surface area contributed by atoms with Crippen LogP contribution in [0.25, 0.3) is 10.9 Å². The lowest BCUT2D eigenvalue weighted by Crippen LogP contribution is -2.12. The Morgan fingerprint density at radius 3 is 3.00 bits per heavy atom. The number of benzene rings is 1. The van der Waals surface area contributed by atoms with E-state index < -0.39 is 0 Å². The number of nitrogens with one attached hydrogen (secondary N) is 2. The first-order valence-electron chi connectivity index (χ1n) is 5.13. The first-order chi connectivity index (χ1) is 6.79. The fraction of sp³-hybridized carbons (Fsp3) is 0.333. The lowest BCUT2D eigenvalue weighted by molar-refractivity contribution is 0.764. The molecule has 2 rings (SSSR count). The molecule has 1 heterocycles. The molecule has 14 heavy (non-hydrogen) atoms. The van der Waals surface area contributed by atoms with E-state index in [0.717, 1.165) is 6.42 Å². The Bertz CT molecular complexity index is 417. The normalized spacial score (nSPS) is 13.0. The van der Waals surface area contributed by atoms with Gasteiger partial charge in [-0.2, -0.15) is 0 Å². The van der Waals surface area contributed by atoms with E-state index in [2.05, 4.69) is 48.4 Å². The van der Waals surface area contributed by atoms with Crippen LogP contribution in [0, 0.1) is 0 Å². The van der Waals surface area contributed by atoms with E-state index in [4.69, 9.17) is 0 Å². The summed E-state index contributed by atoms with van der Waals surface area (Å²) in [5.41, 5.74) is 2.39. The van der Waals surface area contributed by atoms with Gasteiger partial charge in [-0.25, -0.2) is 0 Å². The van der Waals surface area contributed by atoms with E-state index in [1.807, 2.05) is 6.20 Å². The molecule has 0 saturated carbocycles. The van der Waals surface area contributed by atoms with Gasteiger partial charge in [0.15, 0.2) is 0 Å². The molecule has 0 radical (unpaired) electrons. The highest BCUT2D eigenvalue weighted by Gasteiger charge is 2.00. The molecule has 0 saturated heterocycles. The lowest BCUT2D eigenvalue weighted by Gasteiger charge is -2.12. The molecule has 0 aliphatic rings. The molecule has 1 aromatic heterocycles. The summed E-state index contributed by atoms with van der Waals surface area (Å²) < 4.78 is 0. The molecule has 0 fully saturated rings. The number of hydrogen-bond acceptors (Lipinski definition) is 1. The van der Waals surface area contributed by atoms with Gasteiger partial charge < -0.3 is 10.3 Å². The van der Waals surface area contributed by atoms with Gasteiger partial charge in [-0.3, -0.25) is 0 Å². The molecule has 2 heteroatoms. The van der Waals surface area contributed by atoms with Gasteiger partial charge in [-0.15, -0.1) is 0 Å². The van der Waals surface area contributed by atoms with Crippen LogP contribution in [0.15, 0.2) is 30.5 Å². The Morgan fingerprint density at radius 1 is 1.36 bits per heavy atom. The van der Waals surface area contributed by atoms with Crippen molar-refractivity contribution in [2.45, 2.75) is 26.3 Å². The number of rotatable bonds is 3. The highest BCUT2D eigenvalue weighted by molar-refractivity contribution is 5.82. The summed E-state index contributed by atoms with van der Waals surface area (Å²) >= 11 is 0. The molecule has 1 unspecified atom stereocenters. The lowest BCUT2D eigenvalue weighted by atomic mass is 10.2. The average Bonchev–Trinajstić information content (AvgIpc) is 2.64. The molecule has 2 aromatic rings. The zero-order valence-electron chi connectivity index (χ0n) is 8.67. The first kappa shape index (κ1) is 9.13. The van der Waals surface area contributed by atoms with Crippen LogP contribution in [0.4, 0.5) is 5.69 Å². The Kier molecular flexibility index (Phi) is 2.44. The van der Waals surface area contributed by atoms with Crippen LogP contribution in [0.3, 0.4) is 0 Å². The zero-order valence-corrected chi connectivity index (χ0v) is 8.67. The molecular weight excluding hydrogens is 172 g/mol. The third-order valence-electron chi connectivity index (χ3n) is 2.58. The molecule has 2 N–H and O–H groups in total. The monoisotopic (exact) mass is 188 g/mol. The second-order valence-corrected chi connectivity index (χ2v) is 3.73. The van der Waals surface area contributed by atoms with E-state index in [-0.39, 0.29) is 0 Å². The summed E-state index contributed by atoms with van der Waals surface area (Å²) in [4.78, 5) is 3.19. The third kappa shape index (κ3) is 1.74. The van der Waals surface area contributed by atoms with Crippen LogP contribution in [0.5, 0.6) is 0 Å². The number of fused-ring (bicyclic) bond motifs is 1. The quantitative estimate of drug-likeness (QED) is 0.759. The minimum atomic E-state index is 0.534. The Morgan fingerprint density at radius 2 is 2.21 bits per heavy atom. The summed E-state index contributed by atoms with van der Waals surface area (Å²) in [6, 6.07) is 9.03. The Labute approximate surface area is 84.3 Å². The van der Waals surface area contributed by atoms with Crippen LogP contribution in [0.1, 0.15) is 20.3 Å². The highest BCUT2D eigenvalue weighted by Crippen LogP contribution is 2.18. The van der Waals surface area contributed by atoms with E-state index in [0.29, 0.717) is 6.04 Å². The molecule has 1 atom stereocenters. The molecule has 1 aromatic carbocycles. The Balaban J connectivity index is 2.25. The van der Waals surface area contributed by atoms with Crippen molar-refractivity contribution in [3.63, 3.8) is 0 Å². The highest BCUT2D eigenvalue weighted by atomic mass is 14.9. The van der Waals surface area contributed by atoms with E-state index >= 15 is 0 Å². The zero-order chi connectivity index (χ0) is 9.97. The van der Waals surface area contributed by atoms with Gasteiger partial charge in [-0.05, 0) is 37.6 Å². The van der Waals surface area contributed by atoms with Crippen molar-refractivity contribution < 1.29 is 0 Å². The van der Waals surface area contributed by atoms with Crippen molar-refractivity contribution >= 4 is 16.6 Å². The van der Waals surface area contributed by atoms with Crippen molar-refractivity contribution in [1.29, 1.82) is 0 Å². The molecule has 74 valence electrons. The standard InChI is InChI=1S/C12H16N2/c1-3-9(2)14-11-4-5-12-10(8-11)6-7-13-12/h4-9,13-14H,3H2,1-2H3. The van der Waals surface area contributed by atoms with Gasteiger partial charge in [0, 0.05) is 28.8 Å². The van der Waals surface area contributed by atoms with Crippen LogP contribution >= 0.6 is 0 Å². The third-order valence-corrected chi connectivity index (χ3v) is 2.58. The van der Waals surface area contributed by atoms with Gasteiger partial charge in [-0.1, -0.05) is 6.92 Å². The minimum Gasteiger partial charge on any atom is -0.383 e. The molecule has 0 bridgehead atoms. The predicted molar refractivity (Wildman–Crippen MR) is 61.7 cm³/mol. The maximum absolute atomic E-state index is 3.46. The molecular formula is C12H16N2. The van der Waals surface area contributed by atoms with Gasteiger partial charge >= 0.3 is 0 Å². The van der Waals surface area contributed by atoms with Gasteiger partial charge in [0.05, 0.1) is 0 Å². The molecule has 0 spiro atoms. The fourth-order valence-electron chi connectivity index (χ4n) is 1.53.